The SMILES string of the molecule is CS(=O)(=O)c1cccc(-c2ccc3c(C(N)=O)nccc3c2)c1-c1nn[nH]n1. The minimum absolute atomic E-state index is 0.0963. The van der Waals surface area contributed by atoms with Crippen molar-refractivity contribution >= 4 is 26.5 Å². The lowest BCUT2D eigenvalue weighted by atomic mass is 9.96. The second-order valence-electron chi connectivity index (χ2n) is 6.15. The molecule has 2 aromatic carbocycles. The number of primary amides is 1. The second-order valence-corrected chi connectivity index (χ2v) is 8.13. The summed E-state index contributed by atoms with van der Waals surface area (Å²) in [6.45, 7) is 0. The molecule has 2 aromatic heterocycles. The Labute approximate surface area is 159 Å². The molecule has 0 aliphatic carbocycles. The molecule has 0 saturated heterocycles. The lowest BCUT2D eigenvalue weighted by molar-refractivity contribution is 0.0997. The molecule has 0 radical (unpaired) electrons. The standard InChI is InChI=1S/C18H14N6O3S/c1-28(26,27)14-4-2-3-12(15(14)18-21-23-24-22-18)10-5-6-13-11(9-10)7-8-20-16(13)17(19)25/h2-9H,1H3,(H2,19,25)(H,21,22,23,24). The van der Waals surface area contributed by atoms with Gasteiger partial charge in [-0.3, -0.25) is 9.78 Å². The van der Waals surface area contributed by atoms with Gasteiger partial charge in [0.05, 0.1) is 4.90 Å². The number of rotatable bonds is 4. The average Bonchev–Trinajstić information content (AvgIpc) is 3.20. The molecule has 0 bridgehead atoms. The fourth-order valence-corrected chi connectivity index (χ4v) is 4.02. The number of benzene rings is 2. The molecule has 2 heterocycles. The lowest BCUT2D eigenvalue weighted by Crippen LogP contribution is -2.13. The van der Waals surface area contributed by atoms with Gasteiger partial charge in [0.2, 0.25) is 5.82 Å². The summed E-state index contributed by atoms with van der Waals surface area (Å²) in [5.41, 5.74) is 7.25. The van der Waals surface area contributed by atoms with Crippen molar-refractivity contribution in [3.05, 3.63) is 54.4 Å². The number of pyridine rings is 1. The average molecular weight is 394 g/mol. The molecular formula is C18H14N6O3S. The van der Waals surface area contributed by atoms with E-state index >= 15 is 0 Å². The van der Waals surface area contributed by atoms with Crippen molar-refractivity contribution in [2.75, 3.05) is 6.26 Å². The van der Waals surface area contributed by atoms with Crippen LogP contribution in [-0.4, -0.2) is 46.2 Å². The Hall–Kier alpha value is -3.66. The van der Waals surface area contributed by atoms with Gasteiger partial charge in [0.25, 0.3) is 5.91 Å². The highest BCUT2D eigenvalue weighted by Crippen LogP contribution is 2.36. The molecule has 1 amide bonds. The number of nitrogens with one attached hydrogen (secondary N) is 1. The third kappa shape index (κ3) is 2.99. The quantitative estimate of drug-likeness (QED) is 0.534. The van der Waals surface area contributed by atoms with Crippen LogP contribution in [0, 0.1) is 0 Å². The molecule has 0 saturated carbocycles. The van der Waals surface area contributed by atoms with Crippen LogP contribution in [0.2, 0.25) is 0 Å². The van der Waals surface area contributed by atoms with Crippen LogP contribution in [0.25, 0.3) is 33.3 Å². The van der Waals surface area contributed by atoms with E-state index in [-0.39, 0.29) is 16.4 Å². The number of H-pyrrole nitrogens is 1. The number of tetrazole rings is 1. The number of amides is 1. The molecule has 4 rings (SSSR count). The molecule has 0 aliphatic heterocycles. The topological polar surface area (TPSA) is 145 Å². The molecule has 9 nitrogen and oxygen atoms in total. The Morgan fingerprint density at radius 3 is 2.64 bits per heavy atom. The Morgan fingerprint density at radius 2 is 1.96 bits per heavy atom. The van der Waals surface area contributed by atoms with Crippen LogP contribution in [0.4, 0.5) is 0 Å². The Kier molecular flexibility index (Phi) is 4.12. The summed E-state index contributed by atoms with van der Waals surface area (Å²) in [4.78, 5) is 15.7. The maximum Gasteiger partial charge on any atom is 0.267 e. The maximum atomic E-state index is 12.3. The number of hydrogen-bond donors (Lipinski definition) is 2. The van der Waals surface area contributed by atoms with Crippen LogP contribution < -0.4 is 5.73 Å². The number of aromatic nitrogens is 5. The zero-order valence-electron chi connectivity index (χ0n) is 14.6. The molecule has 0 unspecified atom stereocenters. The van der Waals surface area contributed by atoms with E-state index in [9.17, 15) is 13.2 Å². The first-order valence-electron chi connectivity index (χ1n) is 8.12. The van der Waals surface area contributed by atoms with E-state index < -0.39 is 15.7 Å². The molecule has 28 heavy (non-hydrogen) atoms. The molecular weight excluding hydrogens is 380 g/mol. The molecule has 0 atom stereocenters. The summed E-state index contributed by atoms with van der Waals surface area (Å²) in [5.74, 6) is -0.450. The molecule has 0 fully saturated rings. The largest absolute Gasteiger partial charge is 0.364 e. The minimum atomic E-state index is -3.54. The molecule has 0 aliphatic rings. The van der Waals surface area contributed by atoms with Crippen molar-refractivity contribution in [1.29, 1.82) is 0 Å². The highest BCUT2D eigenvalue weighted by atomic mass is 32.2. The third-order valence-electron chi connectivity index (χ3n) is 4.30. The van der Waals surface area contributed by atoms with Gasteiger partial charge in [0.1, 0.15) is 5.69 Å². The smallest absolute Gasteiger partial charge is 0.267 e. The lowest BCUT2D eigenvalue weighted by Gasteiger charge is -2.12. The first-order valence-corrected chi connectivity index (χ1v) is 10.0. The highest BCUT2D eigenvalue weighted by Gasteiger charge is 2.22. The van der Waals surface area contributed by atoms with E-state index in [0.29, 0.717) is 16.5 Å². The van der Waals surface area contributed by atoms with E-state index in [1.807, 2.05) is 6.07 Å². The van der Waals surface area contributed by atoms with Crippen molar-refractivity contribution in [2.24, 2.45) is 5.73 Å². The number of hydrogen-bond acceptors (Lipinski definition) is 7. The fourth-order valence-electron chi connectivity index (χ4n) is 3.12. The summed E-state index contributed by atoms with van der Waals surface area (Å²) in [6, 6.07) is 12.0. The van der Waals surface area contributed by atoms with E-state index in [0.717, 1.165) is 17.2 Å². The summed E-state index contributed by atoms with van der Waals surface area (Å²) in [5, 5.41) is 15.2. The Morgan fingerprint density at radius 1 is 1.14 bits per heavy atom. The van der Waals surface area contributed by atoms with Crippen LogP contribution in [-0.2, 0) is 9.84 Å². The number of sulfone groups is 1. The van der Waals surface area contributed by atoms with E-state index in [2.05, 4.69) is 25.6 Å². The molecule has 140 valence electrons. The number of nitrogens with zero attached hydrogens (tertiary/aromatic N) is 4. The zero-order valence-corrected chi connectivity index (χ0v) is 15.4. The summed E-state index contributed by atoms with van der Waals surface area (Å²) < 4.78 is 24.6. The van der Waals surface area contributed by atoms with Crippen LogP contribution in [0.5, 0.6) is 0 Å². The zero-order chi connectivity index (χ0) is 19.9. The normalized spacial score (nSPS) is 11.6. The molecule has 4 aromatic rings. The van der Waals surface area contributed by atoms with Crippen molar-refractivity contribution in [3.63, 3.8) is 0 Å². The van der Waals surface area contributed by atoms with Crippen LogP contribution >= 0.6 is 0 Å². The number of nitrogens with two attached hydrogens (primary N) is 1. The van der Waals surface area contributed by atoms with Crippen LogP contribution in [0.1, 0.15) is 10.5 Å². The predicted molar refractivity (Wildman–Crippen MR) is 102 cm³/mol. The monoisotopic (exact) mass is 394 g/mol. The number of aromatic amines is 1. The third-order valence-corrected chi connectivity index (χ3v) is 5.44. The van der Waals surface area contributed by atoms with Gasteiger partial charge in [-0.25, -0.2) is 8.42 Å². The van der Waals surface area contributed by atoms with E-state index in [1.165, 1.54) is 12.3 Å². The van der Waals surface area contributed by atoms with Crippen molar-refractivity contribution in [3.8, 4) is 22.5 Å². The minimum Gasteiger partial charge on any atom is -0.364 e. The number of fused-ring (bicyclic) bond motifs is 1. The van der Waals surface area contributed by atoms with Crippen molar-refractivity contribution in [2.45, 2.75) is 4.90 Å². The highest BCUT2D eigenvalue weighted by molar-refractivity contribution is 7.90. The summed E-state index contributed by atoms with van der Waals surface area (Å²) >= 11 is 0. The van der Waals surface area contributed by atoms with Crippen molar-refractivity contribution in [1.82, 2.24) is 25.6 Å². The fraction of sp³-hybridized carbons (Fsp3) is 0.0556. The Balaban J connectivity index is 2.01. The molecule has 3 N–H and O–H groups in total. The molecule has 10 heteroatoms. The van der Waals surface area contributed by atoms with Gasteiger partial charge in [0, 0.05) is 23.4 Å². The summed E-state index contributed by atoms with van der Waals surface area (Å²) in [6.07, 6.45) is 2.63. The van der Waals surface area contributed by atoms with E-state index in [4.69, 9.17) is 5.73 Å². The number of carbonyl (C=O) groups excluding carboxylic acids is 1. The second kappa shape index (κ2) is 6.50. The first kappa shape index (κ1) is 17.7. The van der Waals surface area contributed by atoms with Gasteiger partial charge in [0.15, 0.2) is 9.84 Å². The van der Waals surface area contributed by atoms with Crippen molar-refractivity contribution < 1.29 is 13.2 Å². The first-order chi connectivity index (χ1) is 13.4. The Bertz CT molecular complexity index is 1320. The van der Waals surface area contributed by atoms with Gasteiger partial charge in [-0.05, 0) is 39.9 Å². The maximum absolute atomic E-state index is 12.3. The van der Waals surface area contributed by atoms with Gasteiger partial charge in [-0.1, -0.05) is 24.3 Å². The number of carbonyl (C=O) groups is 1. The molecule has 0 spiro atoms. The van der Waals surface area contributed by atoms with Gasteiger partial charge in [-0.15, -0.1) is 10.2 Å². The van der Waals surface area contributed by atoms with Gasteiger partial charge < -0.3 is 5.73 Å². The summed E-state index contributed by atoms with van der Waals surface area (Å²) in [7, 11) is -3.54. The predicted octanol–water partition coefficient (Wildman–Crippen LogP) is 1.58. The van der Waals surface area contributed by atoms with Crippen LogP contribution in [0.15, 0.2) is 53.6 Å². The van der Waals surface area contributed by atoms with Gasteiger partial charge >= 0.3 is 0 Å². The van der Waals surface area contributed by atoms with Gasteiger partial charge in [-0.2, -0.15) is 5.21 Å². The van der Waals surface area contributed by atoms with E-state index in [1.54, 1.807) is 30.3 Å². The van der Waals surface area contributed by atoms with Crippen LogP contribution in [0.3, 0.4) is 0 Å².